The Labute approximate surface area is 182 Å². The number of carbonyl (C=O) groups is 1. The van der Waals surface area contributed by atoms with E-state index in [0.717, 1.165) is 36.3 Å². The van der Waals surface area contributed by atoms with Crippen LogP contribution in [0.5, 0.6) is 11.5 Å². The van der Waals surface area contributed by atoms with E-state index in [4.69, 9.17) is 4.74 Å². The molecule has 1 aliphatic rings. The van der Waals surface area contributed by atoms with Gasteiger partial charge in [0.15, 0.2) is 0 Å². The molecule has 0 saturated carbocycles. The van der Waals surface area contributed by atoms with Crippen LogP contribution in [0.1, 0.15) is 29.0 Å². The number of ether oxygens (including phenoxy) is 1. The van der Waals surface area contributed by atoms with Crippen LogP contribution >= 0.6 is 0 Å². The van der Waals surface area contributed by atoms with Gasteiger partial charge in [-0.15, -0.1) is 0 Å². The molecular formula is C24H27N5O2. The Morgan fingerprint density at radius 2 is 1.68 bits per heavy atom. The molecule has 0 atom stereocenters. The number of aryl methyl sites for hydroxylation is 1. The molecule has 7 heteroatoms. The Hall–Kier alpha value is -3.61. The molecule has 4 rings (SSSR count). The van der Waals surface area contributed by atoms with Crippen molar-refractivity contribution in [1.82, 2.24) is 15.3 Å². The minimum atomic E-state index is -0.121. The summed E-state index contributed by atoms with van der Waals surface area (Å²) in [6.07, 6.45) is 2.41. The van der Waals surface area contributed by atoms with Crippen LogP contribution in [0.4, 0.5) is 11.6 Å². The van der Waals surface area contributed by atoms with E-state index in [1.54, 1.807) is 24.3 Å². The fourth-order valence-electron chi connectivity index (χ4n) is 3.52. The van der Waals surface area contributed by atoms with Crippen molar-refractivity contribution >= 4 is 17.5 Å². The highest BCUT2D eigenvalue weighted by molar-refractivity contribution is 5.94. The molecule has 2 heterocycles. The number of benzene rings is 2. The van der Waals surface area contributed by atoms with Gasteiger partial charge in [0.1, 0.15) is 29.0 Å². The van der Waals surface area contributed by atoms with Crippen LogP contribution in [0.15, 0.2) is 60.7 Å². The first kappa shape index (κ1) is 20.7. The summed E-state index contributed by atoms with van der Waals surface area (Å²) in [5.41, 5.74) is 0.592. The Balaban J connectivity index is 1.25. The Kier molecular flexibility index (Phi) is 6.62. The zero-order valence-corrected chi connectivity index (χ0v) is 17.7. The predicted molar refractivity (Wildman–Crippen MR) is 122 cm³/mol. The normalized spacial score (nSPS) is 13.1. The van der Waals surface area contributed by atoms with Gasteiger partial charge >= 0.3 is 0 Å². The highest BCUT2D eigenvalue weighted by Crippen LogP contribution is 2.22. The van der Waals surface area contributed by atoms with Crippen LogP contribution in [0, 0.1) is 6.92 Å². The monoisotopic (exact) mass is 417 g/mol. The molecule has 160 valence electrons. The molecule has 2 N–H and O–H groups in total. The second-order valence-electron chi connectivity index (χ2n) is 7.47. The Morgan fingerprint density at radius 3 is 2.42 bits per heavy atom. The maximum atomic E-state index is 12.4. The van der Waals surface area contributed by atoms with E-state index in [9.17, 15) is 4.79 Å². The van der Waals surface area contributed by atoms with Gasteiger partial charge in [0.2, 0.25) is 0 Å². The van der Waals surface area contributed by atoms with Gasteiger partial charge < -0.3 is 20.3 Å². The first-order valence-corrected chi connectivity index (χ1v) is 10.6. The van der Waals surface area contributed by atoms with Crippen molar-refractivity contribution in [2.45, 2.75) is 19.8 Å². The van der Waals surface area contributed by atoms with Crippen molar-refractivity contribution in [3.05, 3.63) is 72.1 Å². The molecule has 0 bridgehead atoms. The summed E-state index contributed by atoms with van der Waals surface area (Å²) in [5.74, 6) is 3.83. The van der Waals surface area contributed by atoms with Crippen LogP contribution in [0.2, 0.25) is 0 Å². The molecule has 1 aliphatic heterocycles. The summed E-state index contributed by atoms with van der Waals surface area (Å²) in [7, 11) is 0. The second kappa shape index (κ2) is 9.93. The van der Waals surface area contributed by atoms with E-state index in [0.29, 0.717) is 24.4 Å². The van der Waals surface area contributed by atoms with E-state index in [-0.39, 0.29) is 5.91 Å². The molecule has 1 fully saturated rings. The summed E-state index contributed by atoms with van der Waals surface area (Å²) in [5, 5.41) is 6.21. The number of anilines is 2. The van der Waals surface area contributed by atoms with Crippen LogP contribution in [0.25, 0.3) is 0 Å². The van der Waals surface area contributed by atoms with Crippen LogP contribution < -0.4 is 20.3 Å². The lowest BCUT2D eigenvalue weighted by molar-refractivity contribution is 0.0955. The number of amides is 1. The van der Waals surface area contributed by atoms with E-state index < -0.39 is 0 Å². The molecule has 31 heavy (non-hydrogen) atoms. The first-order chi connectivity index (χ1) is 15.2. The quantitative estimate of drug-likeness (QED) is 0.539. The molecule has 0 unspecified atom stereocenters. The number of nitrogens with zero attached hydrogens (tertiary/aromatic N) is 3. The third-order valence-electron chi connectivity index (χ3n) is 5.07. The van der Waals surface area contributed by atoms with Gasteiger partial charge in [0, 0.05) is 37.8 Å². The third kappa shape index (κ3) is 5.72. The minimum Gasteiger partial charge on any atom is -0.457 e. The van der Waals surface area contributed by atoms with Crippen molar-refractivity contribution in [3.8, 4) is 11.5 Å². The van der Waals surface area contributed by atoms with Gasteiger partial charge in [-0.1, -0.05) is 18.2 Å². The molecule has 1 amide bonds. The maximum absolute atomic E-state index is 12.4. The van der Waals surface area contributed by atoms with Crippen molar-refractivity contribution in [2.75, 3.05) is 36.4 Å². The first-order valence-electron chi connectivity index (χ1n) is 10.6. The Morgan fingerprint density at radius 1 is 0.968 bits per heavy atom. The van der Waals surface area contributed by atoms with Crippen molar-refractivity contribution in [3.63, 3.8) is 0 Å². The topological polar surface area (TPSA) is 79.4 Å². The summed E-state index contributed by atoms with van der Waals surface area (Å²) < 4.78 is 5.76. The molecule has 0 radical (unpaired) electrons. The fraction of sp³-hybridized carbons (Fsp3) is 0.292. The summed E-state index contributed by atoms with van der Waals surface area (Å²) in [6.45, 7) is 5.06. The van der Waals surface area contributed by atoms with Crippen LogP contribution in [-0.4, -0.2) is 42.1 Å². The lowest BCUT2D eigenvalue weighted by Gasteiger charge is -2.17. The van der Waals surface area contributed by atoms with Crippen molar-refractivity contribution in [1.29, 1.82) is 0 Å². The largest absolute Gasteiger partial charge is 0.457 e. The van der Waals surface area contributed by atoms with Gasteiger partial charge in [-0.05, 0) is 56.2 Å². The second-order valence-corrected chi connectivity index (χ2v) is 7.47. The van der Waals surface area contributed by atoms with E-state index >= 15 is 0 Å². The number of carbonyl (C=O) groups excluding carboxylic acids is 1. The molecule has 2 aromatic carbocycles. The molecule has 0 aliphatic carbocycles. The summed E-state index contributed by atoms with van der Waals surface area (Å²) >= 11 is 0. The number of hydrogen-bond acceptors (Lipinski definition) is 6. The molecule has 7 nitrogen and oxygen atoms in total. The fourth-order valence-corrected chi connectivity index (χ4v) is 3.52. The predicted octanol–water partition coefficient (Wildman–Crippen LogP) is 4.02. The molecule has 1 saturated heterocycles. The van der Waals surface area contributed by atoms with E-state index in [2.05, 4.69) is 25.5 Å². The van der Waals surface area contributed by atoms with Crippen LogP contribution in [-0.2, 0) is 0 Å². The number of aromatic nitrogens is 2. The van der Waals surface area contributed by atoms with Gasteiger partial charge in [0.05, 0.1) is 0 Å². The number of hydrogen-bond donors (Lipinski definition) is 2. The van der Waals surface area contributed by atoms with Crippen LogP contribution in [0.3, 0.4) is 0 Å². The SMILES string of the molecule is Cc1nc(NCCNC(=O)c2ccc(Oc3ccccc3)cc2)cc(N2CCCC2)n1. The summed E-state index contributed by atoms with van der Waals surface area (Å²) in [6, 6.07) is 18.6. The standard InChI is InChI=1S/C24H27N5O2/c1-18-27-22(17-23(28-18)29-15-5-6-16-29)25-13-14-26-24(30)19-9-11-21(12-10-19)31-20-7-3-2-4-8-20/h2-4,7-12,17H,5-6,13-16H2,1H3,(H,26,30)(H,25,27,28). The smallest absolute Gasteiger partial charge is 0.251 e. The highest BCUT2D eigenvalue weighted by atomic mass is 16.5. The van der Waals surface area contributed by atoms with E-state index in [1.165, 1.54) is 12.8 Å². The van der Waals surface area contributed by atoms with Gasteiger partial charge in [-0.25, -0.2) is 9.97 Å². The third-order valence-corrected chi connectivity index (χ3v) is 5.07. The van der Waals surface area contributed by atoms with Crippen molar-refractivity contribution in [2.24, 2.45) is 0 Å². The average molecular weight is 418 g/mol. The van der Waals surface area contributed by atoms with E-state index in [1.807, 2.05) is 43.3 Å². The number of para-hydroxylation sites is 1. The number of nitrogens with one attached hydrogen (secondary N) is 2. The Bertz CT molecular complexity index is 1000. The van der Waals surface area contributed by atoms with Gasteiger partial charge in [-0.2, -0.15) is 0 Å². The molecule has 1 aromatic heterocycles. The average Bonchev–Trinajstić information content (AvgIpc) is 3.33. The van der Waals surface area contributed by atoms with Gasteiger partial charge in [0.25, 0.3) is 5.91 Å². The zero-order valence-electron chi connectivity index (χ0n) is 17.7. The molecular weight excluding hydrogens is 390 g/mol. The zero-order chi connectivity index (χ0) is 21.5. The minimum absolute atomic E-state index is 0.121. The molecule has 3 aromatic rings. The maximum Gasteiger partial charge on any atom is 0.251 e. The van der Waals surface area contributed by atoms with Crippen molar-refractivity contribution < 1.29 is 9.53 Å². The number of rotatable bonds is 8. The molecule has 0 spiro atoms. The lowest BCUT2D eigenvalue weighted by Crippen LogP contribution is -2.29. The lowest BCUT2D eigenvalue weighted by atomic mass is 10.2. The van der Waals surface area contributed by atoms with Gasteiger partial charge in [-0.3, -0.25) is 4.79 Å². The highest BCUT2D eigenvalue weighted by Gasteiger charge is 2.15. The summed E-state index contributed by atoms with van der Waals surface area (Å²) in [4.78, 5) is 23.7.